The molecule has 1 aliphatic heterocycles. The molecule has 3 rings (SSSR count). The number of carbonyl (C=O) groups is 2. The van der Waals surface area contributed by atoms with E-state index in [-0.39, 0.29) is 12.5 Å². The van der Waals surface area contributed by atoms with Gasteiger partial charge in [-0.05, 0) is 29.7 Å². The first-order valence-corrected chi connectivity index (χ1v) is 7.35. The predicted octanol–water partition coefficient (Wildman–Crippen LogP) is 3.06. The number of fused-ring (bicyclic) bond motifs is 1. The zero-order chi connectivity index (χ0) is 15.5. The highest BCUT2D eigenvalue weighted by Gasteiger charge is 2.33. The fourth-order valence-corrected chi connectivity index (χ4v) is 2.66. The number of nitrogens with zero attached hydrogens (tertiary/aromatic N) is 1. The molecule has 0 aromatic heterocycles. The van der Waals surface area contributed by atoms with Gasteiger partial charge in [0.1, 0.15) is 12.0 Å². The van der Waals surface area contributed by atoms with Crippen LogP contribution < -0.4 is 9.64 Å². The molecule has 0 spiro atoms. The maximum atomic E-state index is 12.4. The van der Waals surface area contributed by atoms with Gasteiger partial charge in [-0.2, -0.15) is 0 Å². The lowest BCUT2D eigenvalue weighted by atomic mass is 10.0. The maximum absolute atomic E-state index is 12.4. The van der Waals surface area contributed by atoms with Gasteiger partial charge in [-0.1, -0.05) is 43.3 Å². The molecule has 0 N–H and O–H groups in total. The normalized spacial score (nSPS) is 16.9. The highest BCUT2D eigenvalue weighted by molar-refractivity contribution is 6.02. The minimum Gasteiger partial charge on any atom is -0.478 e. The second-order valence-corrected chi connectivity index (χ2v) is 5.18. The van der Waals surface area contributed by atoms with Crippen LogP contribution in [-0.4, -0.2) is 24.8 Å². The van der Waals surface area contributed by atoms with Gasteiger partial charge >= 0.3 is 0 Å². The summed E-state index contributed by atoms with van der Waals surface area (Å²) in [6, 6.07) is 15.6. The van der Waals surface area contributed by atoms with Crippen LogP contribution in [0.4, 0.5) is 5.69 Å². The zero-order valence-electron chi connectivity index (χ0n) is 12.4. The summed E-state index contributed by atoms with van der Waals surface area (Å²) in [5.74, 6) is 0.486. The number of aldehydes is 1. The van der Waals surface area contributed by atoms with Crippen LogP contribution in [0.25, 0.3) is 11.1 Å². The molecule has 0 radical (unpaired) electrons. The Morgan fingerprint density at radius 1 is 1.14 bits per heavy atom. The molecule has 0 saturated heterocycles. The van der Waals surface area contributed by atoms with Crippen LogP contribution in [0.3, 0.4) is 0 Å². The minimum atomic E-state index is -0.518. The van der Waals surface area contributed by atoms with E-state index in [0.29, 0.717) is 17.9 Å². The molecule has 1 unspecified atom stereocenters. The quantitative estimate of drug-likeness (QED) is 0.814. The highest BCUT2D eigenvalue weighted by Crippen LogP contribution is 2.37. The molecule has 4 nitrogen and oxygen atoms in total. The second-order valence-electron chi connectivity index (χ2n) is 5.18. The van der Waals surface area contributed by atoms with E-state index in [2.05, 4.69) is 0 Å². The molecule has 2 aromatic rings. The summed E-state index contributed by atoms with van der Waals surface area (Å²) >= 11 is 0. The monoisotopic (exact) mass is 295 g/mol. The van der Waals surface area contributed by atoms with Gasteiger partial charge in [0.25, 0.3) is 5.91 Å². The molecular formula is C18H17NO3. The lowest BCUT2D eigenvalue weighted by Gasteiger charge is -2.33. The van der Waals surface area contributed by atoms with Gasteiger partial charge in [-0.25, -0.2) is 0 Å². The molecule has 0 saturated carbocycles. The third-order valence-electron chi connectivity index (χ3n) is 3.80. The van der Waals surface area contributed by atoms with Crippen molar-refractivity contribution < 1.29 is 14.3 Å². The summed E-state index contributed by atoms with van der Waals surface area (Å²) < 4.78 is 5.75. The number of hydrogen-bond donors (Lipinski definition) is 0. The topological polar surface area (TPSA) is 46.6 Å². The van der Waals surface area contributed by atoms with Gasteiger partial charge in [-0.15, -0.1) is 0 Å². The number of anilines is 1. The van der Waals surface area contributed by atoms with E-state index in [4.69, 9.17) is 4.74 Å². The predicted molar refractivity (Wildman–Crippen MR) is 85.0 cm³/mol. The van der Waals surface area contributed by atoms with Crippen molar-refractivity contribution >= 4 is 17.9 Å². The van der Waals surface area contributed by atoms with Gasteiger partial charge in [0.2, 0.25) is 0 Å². The average molecular weight is 295 g/mol. The van der Waals surface area contributed by atoms with Gasteiger partial charge < -0.3 is 9.53 Å². The second kappa shape index (κ2) is 6.02. The van der Waals surface area contributed by atoms with Crippen molar-refractivity contribution in [3.8, 4) is 16.9 Å². The molecule has 2 aromatic carbocycles. The molecule has 22 heavy (non-hydrogen) atoms. The van der Waals surface area contributed by atoms with Crippen LogP contribution in [0, 0.1) is 0 Å². The number of benzene rings is 2. The number of ether oxygens (including phenoxy) is 1. The Morgan fingerprint density at radius 2 is 1.91 bits per heavy atom. The molecule has 1 heterocycles. The Morgan fingerprint density at radius 3 is 2.59 bits per heavy atom. The third kappa shape index (κ3) is 2.48. The van der Waals surface area contributed by atoms with Gasteiger partial charge in [-0.3, -0.25) is 9.69 Å². The summed E-state index contributed by atoms with van der Waals surface area (Å²) in [6.07, 6.45) is 0.804. The zero-order valence-corrected chi connectivity index (χ0v) is 12.4. The van der Waals surface area contributed by atoms with E-state index >= 15 is 0 Å². The van der Waals surface area contributed by atoms with E-state index in [1.165, 1.54) is 4.90 Å². The molecule has 0 fully saturated rings. The van der Waals surface area contributed by atoms with Crippen LogP contribution in [0.2, 0.25) is 0 Å². The van der Waals surface area contributed by atoms with Crippen LogP contribution in [-0.2, 0) is 9.59 Å². The van der Waals surface area contributed by atoms with Crippen molar-refractivity contribution in [2.45, 2.75) is 19.4 Å². The minimum absolute atomic E-state index is 0.0456. The first-order chi connectivity index (χ1) is 10.7. The third-order valence-corrected chi connectivity index (χ3v) is 3.80. The van der Waals surface area contributed by atoms with Crippen molar-refractivity contribution in [3.63, 3.8) is 0 Å². The lowest BCUT2D eigenvalue weighted by Crippen LogP contribution is -2.46. The maximum Gasteiger partial charge on any atom is 0.268 e. The summed E-state index contributed by atoms with van der Waals surface area (Å²) in [7, 11) is 0. The van der Waals surface area contributed by atoms with E-state index in [0.717, 1.165) is 17.4 Å². The molecule has 1 atom stereocenters. The summed E-state index contributed by atoms with van der Waals surface area (Å²) in [5, 5.41) is 0. The fraction of sp³-hybridized carbons (Fsp3) is 0.222. The number of rotatable bonds is 4. The van der Waals surface area contributed by atoms with Crippen molar-refractivity contribution in [2.75, 3.05) is 11.4 Å². The molecule has 0 bridgehead atoms. The van der Waals surface area contributed by atoms with Crippen molar-refractivity contribution in [1.29, 1.82) is 0 Å². The molecule has 0 aliphatic carbocycles. The Balaban J connectivity index is 2.06. The van der Waals surface area contributed by atoms with Crippen molar-refractivity contribution in [3.05, 3.63) is 48.5 Å². The SMILES string of the molecule is CCC1Oc2ccc(-c3ccccc3)cc2N(CC=O)C1=O. The Bertz CT molecular complexity index is 697. The molecular weight excluding hydrogens is 278 g/mol. The van der Waals surface area contributed by atoms with E-state index in [1.54, 1.807) is 0 Å². The number of carbonyl (C=O) groups excluding carboxylic acids is 2. The number of hydrogen-bond acceptors (Lipinski definition) is 3. The van der Waals surface area contributed by atoms with Crippen molar-refractivity contribution in [1.82, 2.24) is 0 Å². The smallest absolute Gasteiger partial charge is 0.268 e. The average Bonchev–Trinajstić information content (AvgIpc) is 2.57. The summed E-state index contributed by atoms with van der Waals surface area (Å²) in [6.45, 7) is 1.94. The lowest BCUT2D eigenvalue weighted by molar-refractivity contribution is -0.127. The molecule has 1 amide bonds. The van der Waals surface area contributed by atoms with Crippen LogP contribution in [0.15, 0.2) is 48.5 Å². The van der Waals surface area contributed by atoms with E-state index in [9.17, 15) is 9.59 Å². The summed E-state index contributed by atoms with van der Waals surface area (Å²) in [4.78, 5) is 24.8. The molecule has 112 valence electrons. The largest absolute Gasteiger partial charge is 0.478 e. The Hall–Kier alpha value is -2.62. The molecule has 4 heteroatoms. The van der Waals surface area contributed by atoms with E-state index < -0.39 is 6.10 Å². The Labute approximate surface area is 129 Å². The van der Waals surface area contributed by atoms with Crippen LogP contribution >= 0.6 is 0 Å². The van der Waals surface area contributed by atoms with Gasteiger partial charge in [0, 0.05) is 0 Å². The van der Waals surface area contributed by atoms with Gasteiger partial charge in [0.15, 0.2) is 6.10 Å². The molecule has 1 aliphatic rings. The first-order valence-electron chi connectivity index (χ1n) is 7.35. The fourth-order valence-electron chi connectivity index (χ4n) is 2.66. The van der Waals surface area contributed by atoms with Crippen LogP contribution in [0.5, 0.6) is 5.75 Å². The summed E-state index contributed by atoms with van der Waals surface area (Å²) in [5.41, 5.74) is 2.70. The Kier molecular flexibility index (Phi) is 3.92. The number of amides is 1. The highest BCUT2D eigenvalue weighted by atomic mass is 16.5. The van der Waals surface area contributed by atoms with E-state index in [1.807, 2.05) is 55.5 Å². The standard InChI is InChI=1S/C18H17NO3/c1-2-16-18(21)19(10-11-20)15-12-14(8-9-17(15)22-16)13-6-4-3-5-7-13/h3-9,11-12,16H,2,10H2,1H3. The van der Waals surface area contributed by atoms with Crippen LogP contribution in [0.1, 0.15) is 13.3 Å². The van der Waals surface area contributed by atoms with Crippen molar-refractivity contribution in [2.24, 2.45) is 0 Å². The van der Waals surface area contributed by atoms with Gasteiger partial charge in [0.05, 0.1) is 12.2 Å². The first kappa shape index (κ1) is 14.3.